The number of hydrogen-bond acceptors (Lipinski definition) is 3. The van der Waals surface area contributed by atoms with Crippen LogP contribution in [0, 0.1) is 6.92 Å². The second-order valence-electron chi connectivity index (χ2n) is 6.79. The van der Waals surface area contributed by atoms with Crippen molar-refractivity contribution in [1.29, 1.82) is 0 Å². The Bertz CT molecular complexity index is 1180. The number of benzene rings is 3. The van der Waals surface area contributed by atoms with E-state index in [-0.39, 0.29) is 5.56 Å². The molecule has 3 aromatic carbocycles. The maximum atomic E-state index is 13.3. The van der Waals surface area contributed by atoms with Gasteiger partial charge in [-0.3, -0.25) is 9.36 Å². The van der Waals surface area contributed by atoms with Gasteiger partial charge in [0.25, 0.3) is 5.56 Å². The molecule has 0 aliphatic carbocycles. The van der Waals surface area contributed by atoms with Crippen molar-refractivity contribution < 1.29 is 0 Å². The van der Waals surface area contributed by atoms with Crippen molar-refractivity contribution in [3.8, 4) is 5.69 Å². The molecule has 0 amide bonds. The van der Waals surface area contributed by atoms with Crippen molar-refractivity contribution in [2.24, 2.45) is 0 Å². The smallest absolute Gasteiger partial charge is 0.266 e. The van der Waals surface area contributed by atoms with Crippen LogP contribution in [0.3, 0.4) is 0 Å². The lowest BCUT2D eigenvalue weighted by atomic mass is 10.1. The van der Waals surface area contributed by atoms with Gasteiger partial charge >= 0.3 is 0 Å². The summed E-state index contributed by atoms with van der Waals surface area (Å²) in [5.74, 6) is 0.768. The fraction of sp³-hybridized carbons (Fsp3) is 0.167. The normalized spacial score (nSPS) is 11.1. The molecular weight excluding hydrogens is 364 g/mol. The van der Waals surface area contributed by atoms with Gasteiger partial charge in [0.15, 0.2) is 5.16 Å². The van der Waals surface area contributed by atoms with Crippen LogP contribution in [0.15, 0.2) is 82.7 Å². The van der Waals surface area contributed by atoms with Crippen LogP contribution in [0.25, 0.3) is 16.6 Å². The fourth-order valence-corrected chi connectivity index (χ4v) is 4.32. The van der Waals surface area contributed by atoms with Crippen LogP contribution in [0.5, 0.6) is 0 Å². The van der Waals surface area contributed by atoms with Crippen LogP contribution in [-0.4, -0.2) is 9.55 Å². The Hall–Kier alpha value is -2.85. The van der Waals surface area contributed by atoms with Gasteiger partial charge in [0, 0.05) is 5.75 Å². The van der Waals surface area contributed by atoms with Gasteiger partial charge in [0.05, 0.1) is 16.6 Å². The van der Waals surface area contributed by atoms with Crippen molar-refractivity contribution in [2.75, 3.05) is 0 Å². The van der Waals surface area contributed by atoms with E-state index in [1.54, 1.807) is 16.3 Å². The molecule has 0 saturated heterocycles. The molecule has 0 spiro atoms. The molecule has 3 nitrogen and oxygen atoms in total. The number of aromatic nitrogens is 2. The molecule has 0 aliphatic rings. The third kappa shape index (κ3) is 3.60. The molecule has 0 N–H and O–H groups in total. The minimum atomic E-state index is -0.0258. The van der Waals surface area contributed by atoms with Gasteiger partial charge in [-0.15, -0.1) is 0 Å². The second-order valence-corrected chi connectivity index (χ2v) is 7.73. The zero-order valence-electron chi connectivity index (χ0n) is 16.1. The second kappa shape index (κ2) is 8.03. The molecule has 0 bridgehead atoms. The Labute approximate surface area is 169 Å². The summed E-state index contributed by atoms with van der Waals surface area (Å²) in [5, 5.41) is 1.36. The standard InChI is InChI=1S/C24H22N2OS/c1-3-18-12-14-20(15-13-18)26-23(27)21-10-6-7-11-22(21)25-24(26)28-16-19-9-5-4-8-17(19)2/h4-15H,3,16H2,1-2H3. The summed E-state index contributed by atoms with van der Waals surface area (Å²) in [6.07, 6.45) is 0.972. The zero-order valence-corrected chi connectivity index (χ0v) is 16.9. The SMILES string of the molecule is CCc1ccc(-n2c(SCc3ccccc3C)nc3ccccc3c2=O)cc1. The average molecular weight is 387 g/mol. The lowest BCUT2D eigenvalue weighted by Crippen LogP contribution is -2.21. The Morgan fingerprint density at radius 1 is 0.929 bits per heavy atom. The molecule has 4 aromatic rings. The first kappa shape index (κ1) is 18.5. The van der Waals surface area contributed by atoms with E-state index < -0.39 is 0 Å². The molecule has 0 atom stereocenters. The maximum absolute atomic E-state index is 13.3. The van der Waals surface area contributed by atoms with Gasteiger partial charge in [-0.25, -0.2) is 4.98 Å². The van der Waals surface area contributed by atoms with Gasteiger partial charge in [-0.2, -0.15) is 0 Å². The number of nitrogens with zero attached hydrogens (tertiary/aromatic N) is 2. The summed E-state index contributed by atoms with van der Waals surface area (Å²) in [6, 6.07) is 24.1. The predicted octanol–water partition coefficient (Wildman–Crippen LogP) is 5.55. The number of para-hydroxylation sites is 1. The molecule has 0 fully saturated rings. The van der Waals surface area contributed by atoms with Crippen LogP contribution in [0.2, 0.25) is 0 Å². The highest BCUT2D eigenvalue weighted by atomic mass is 32.2. The minimum absolute atomic E-state index is 0.0258. The molecular formula is C24H22N2OS. The highest BCUT2D eigenvalue weighted by Gasteiger charge is 2.13. The Morgan fingerprint density at radius 2 is 1.64 bits per heavy atom. The molecule has 4 heteroatoms. The van der Waals surface area contributed by atoms with Crippen LogP contribution >= 0.6 is 11.8 Å². The molecule has 28 heavy (non-hydrogen) atoms. The average Bonchev–Trinajstić information content (AvgIpc) is 2.73. The quantitative estimate of drug-likeness (QED) is 0.333. The third-order valence-electron chi connectivity index (χ3n) is 4.97. The molecule has 0 saturated carbocycles. The Balaban J connectivity index is 1.83. The van der Waals surface area contributed by atoms with Gasteiger partial charge in [0.2, 0.25) is 0 Å². The van der Waals surface area contributed by atoms with Crippen molar-refractivity contribution in [1.82, 2.24) is 9.55 Å². The fourth-order valence-electron chi connectivity index (χ4n) is 3.23. The molecule has 1 heterocycles. The molecule has 4 rings (SSSR count). The van der Waals surface area contributed by atoms with E-state index in [0.717, 1.165) is 28.5 Å². The number of thioether (sulfide) groups is 1. The minimum Gasteiger partial charge on any atom is -0.268 e. The van der Waals surface area contributed by atoms with E-state index in [0.29, 0.717) is 5.39 Å². The number of rotatable bonds is 5. The van der Waals surface area contributed by atoms with Crippen molar-refractivity contribution in [2.45, 2.75) is 31.2 Å². The van der Waals surface area contributed by atoms with Crippen LogP contribution in [0.4, 0.5) is 0 Å². The first-order valence-electron chi connectivity index (χ1n) is 9.46. The summed E-state index contributed by atoms with van der Waals surface area (Å²) in [6.45, 7) is 4.24. The Kier molecular flexibility index (Phi) is 5.31. The van der Waals surface area contributed by atoms with E-state index in [4.69, 9.17) is 4.98 Å². The molecule has 1 aromatic heterocycles. The number of hydrogen-bond donors (Lipinski definition) is 0. The van der Waals surface area contributed by atoms with Crippen LogP contribution in [-0.2, 0) is 12.2 Å². The maximum Gasteiger partial charge on any atom is 0.266 e. The van der Waals surface area contributed by atoms with Gasteiger partial charge in [0.1, 0.15) is 0 Å². The molecule has 0 radical (unpaired) electrons. The summed E-state index contributed by atoms with van der Waals surface area (Å²) in [4.78, 5) is 18.1. The van der Waals surface area contributed by atoms with Crippen molar-refractivity contribution >= 4 is 22.7 Å². The van der Waals surface area contributed by atoms with Gasteiger partial charge in [-0.1, -0.05) is 67.2 Å². The van der Waals surface area contributed by atoms with Gasteiger partial charge < -0.3 is 0 Å². The lowest BCUT2D eigenvalue weighted by Gasteiger charge is -2.14. The molecule has 0 aliphatic heterocycles. The molecule has 0 unspecified atom stereocenters. The van der Waals surface area contributed by atoms with E-state index in [1.165, 1.54) is 16.7 Å². The topological polar surface area (TPSA) is 34.9 Å². The van der Waals surface area contributed by atoms with E-state index in [1.807, 2.05) is 48.5 Å². The van der Waals surface area contributed by atoms with Gasteiger partial charge in [-0.05, 0) is 54.3 Å². The highest BCUT2D eigenvalue weighted by molar-refractivity contribution is 7.98. The summed E-state index contributed by atoms with van der Waals surface area (Å²) in [5.41, 5.74) is 5.32. The van der Waals surface area contributed by atoms with Crippen molar-refractivity contribution in [3.05, 3.63) is 99.8 Å². The van der Waals surface area contributed by atoms with Crippen LogP contribution < -0.4 is 5.56 Å². The van der Waals surface area contributed by atoms with E-state index >= 15 is 0 Å². The summed E-state index contributed by atoms with van der Waals surface area (Å²) < 4.78 is 1.74. The number of aryl methyl sites for hydroxylation is 2. The summed E-state index contributed by atoms with van der Waals surface area (Å²) in [7, 11) is 0. The monoisotopic (exact) mass is 386 g/mol. The number of fused-ring (bicyclic) bond motifs is 1. The predicted molar refractivity (Wildman–Crippen MR) is 117 cm³/mol. The first-order chi connectivity index (χ1) is 13.7. The highest BCUT2D eigenvalue weighted by Crippen LogP contribution is 2.26. The molecule has 140 valence electrons. The lowest BCUT2D eigenvalue weighted by molar-refractivity contribution is 0.819. The van der Waals surface area contributed by atoms with E-state index in [9.17, 15) is 4.79 Å². The first-order valence-corrected chi connectivity index (χ1v) is 10.4. The van der Waals surface area contributed by atoms with Crippen LogP contribution in [0.1, 0.15) is 23.6 Å². The van der Waals surface area contributed by atoms with E-state index in [2.05, 4.69) is 38.1 Å². The third-order valence-corrected chi connectivity index (χ3v) is 5.95. The zero-order chi connectivity index (χ0) is 19.5. The largest absolute Gasteiger partial charge is 0.268 e. The Morgan fingerprint density at radius 3 is 2.39 bits per heavy atom. The van der Waals surface area contributed by atoms with Crippen molar-refractivity contribution in [3.63, 3.8) is 0 Å². The summed E-state index contributed by atoms with van der Waals surface area (Å²) >= 11 is 1.60.